The molecule has 7 heavy (non-hydrogen) atoms. The van der Waals surface area contributed by atoms with Gasteiger partial charge in [0.1, 0.15) is 12.7 Å². The Kier molecular flexibility index (Phi) is 1.25. The number of aliphatic hydroxyl groups is 1. The van der Waals surface area contributed by atoms with Gasteiger partial charge in [-0.05, 0) is 0 Å². The predicted molar refractivity (Wildman–Crippen MR) is 21.2 cm³/mol. The average Bonchev–Trinajstić information content (AvgIpc) is 1.91. The molecule has 0 bridgehead atoms. The molecule has 1 radical (unpaired) electrons. The third-order valence-electron chi connectivity index (χ3n) is 0.862. The molecule has 0 aromatic rings. The fraction of sp³-hybridized carbons (Fsp3) is 0.750. The highest BCUT2D eigenvalue weighted by Crippen LogP contribution is 2.11. The molecule has 1 rings (SSSR count). The molecule has 0 spiro atoms. The highest BCUT2D eigenvalue weighted by molar-refractivity contribution is 4.81. The molecule has 3 heteroatoms. The summed E-state index contributed by atoms with van der Waals surface area (Å²) in [7, 11) is 0. The van der Waals surface area contributed by atoms with Crippen LogP contribution in [0.15, 0.2) is 0 Å². The smallest absolute Gasteiger partial charge is 0.152 e. The first kappa shape index (κ1) is 5.00. The lowest BCUT2D eigenvalue weighted by atomic mass is 10.3. The number of rotatable bonds is 0. The van der Waals surface area contributed by atoms with Gasteiger partial charge >= 0.3 is 0 Å². The molecule has 1 aliphatic rings. The summed E-state index contributed by atoms with van der Waals surface area (Å²) in [6, 6.07) is 0. The number of hydrogen-bond acceptors (Lipinski definition) is 2. The van der Waals surface area contributed by atoms with E-state index in [1.807, 2.05) is 0 Å². The van der Waals surface area contributed by atoms with Crippen LogP contribution >= 0.6 is 0 Å². The zero-order valence-corrected chi connectivity index (χ0v) is 3.67. The number of alkyl halides is 1. The molecule has 1 saturated heterocycles. The summed E-state index contributed by atoms with van der Waals surface area (Å²) in [5.74, 6) is 0. The first-order valence-electron chi connectivity index (χ1n) is 2.08. The maximum Gasteiger partial charge on any atom is 0.152 e. The lowest BCUT2D eigenvalue weighted by Crippen LogP contribution is -2.15. The number of ether oxygens (including phenoxy) is 1. The Morgan fingerprint density at radius 2 is 2.57 bits per heavy atom. The first-order valence-corrected chi connectivity index (χ1v) is 2.08. The molecule has 1 N–H and O–H groups in total. The highest BCUT2D eigenvalue weighted by atomic mass is 19.1. The normalized spacial score (nSPS) is 42.0. The van der Waals surface area contributed by atoms with Crippen molar-refractivity contribution in [3.8, 4) is 0 Å². The maximum absolute atomic E-state index is 11.9. The monoisotopic (exact) mass is 105 g/mol. The molecule has 1 aliphatic heterocycles. The average molecular weight is 105 g/mol. The van der Waals surface area contributed by atoms with Crippen LogP contribution in [-0.4, -0.2) is 24.0 Å². The molecule has 0 saturated carbocycles. The SMILES string of the molecule is OC1[CH]OCC1F. The number of halogens is 1. The molecule has 1 fully saturated rings. The summed E-state index contributed by atoms with van der Waals surface area (Å²) >= 11 is 0. The lowest BCUT2D eigenvalue weighted by molar-refractivity contribution is 0.131. The summed E-state index contributed by atoms with van der Waals surface area (Å²) in [5.41, 5.74) is 0. The van der Waals surface area contributed by atoms with Crippen LogP contribution in [0.1, 0.15) is 0 Å². The van der Waals surface area contributed by atoms with Crippen molar-refractivity contribution in [3.05, 3.63) is 6.61 Å². The van der Waals surface area contributed by atoms with Crippen LogP contribution in [0.5, 0.6) is 0 Å². The molecule has 2 unspecified atom stereocenters. The van der Waals surface area contributed by atoms with Crippen molar-refractivity contribution in [1.82, 2.24) is 0 Å². The van der Waals surface area contributed by atoms with E-state index in [4.69, 9.17) is 5.11 Å². The van der Waals surface area contributed by atoms with Gasteiger partial charge in [-0.15, -0.1) is 0 Å². The predicted octanol–water partition coefficient (Wildman–Crippen LogP) is -0.123. The van der Waals surface area contributed by atoms with E-state index in [9.17, 15) is 4.39 Å². The van der Waals surface area contributed by atoms with Gasteiger partial charge in [-0.25, -0.2) is 4.39 Å². The molecule has 2 nitrogen and oxygen atoms in total. The summed E-state index contributed by atoms with van der Waals surface area (Å²) in [6.07, 6.45) is -2.21. The molecule has 41 valence electrons. The summed E-state index contributed by atoms with van der Waals surface area (Å²) < 4.78 is 16.3. The van der Waals surface area contributed by atoms with Crippen LogP contribution in [-0.2, 0) is 4.74 Å². The largest absolute Gasteiger partial charge is 0.387 e. The van der Waals surface area contributed by atoms with Gasteiger partial charge in [0.2, 0.25) is 0 Å². The van der Waals surface area contributed by atoms with Crippen LogP contribution in [0.2, 0.25) is 0 Å². The molecule has 0 aliphatic carbocycles. The van der Waals surface area contributed by atoms with Crippen molar-refractivity contribution >= 4 is 0 Å². The molecule has 0 amide bonds. The van der Waals surface area contributed by atoms with Crippen LogP contribution < -0.4 is 0 Å². The van der Waals surface area contributed by atoms with Crippen molar-refractivity contribution in [1.29, 1.82) is 0 Å². The first-order chi connectivity index (χ1) is 3.30. The zero-order valence-electron chi connectivity index (χ0n) is 3.67. The molecular weight excluding hydrogens is 99.0 g/mol. The summed E-state index contributed by atoms with van der Waals surface area (Å²) in [6.45, 7) is 1.10. The zero-order chi connectivity index (χ0) is 5.28. The van der Waals surface area contributed by atoms with Crippen LogP contribution in [0.3, 0.4) is 0 Å². The lowest BCUT2D eigenvalue weighted by Gasteiger charge is -1.96. The fourth-order valence-electron chi connectivity index (χ4n) is 0.430. The van der Waals surface area contributed by atoms with Crippen molar-refractivity contribution in [2.45, 2.75) is 12.3 Å². The Morgan fingerprint density at radius 3 is 2.71 bits per heavy atom. The minimum absolute atomic E-state index is 0.00116. The van der Waals surface area contributed by atoms with E-state index in [1.54, 1.807) is 0 Å². The molecule has 0 aromatic heterocycles. The van der Waals surface area contributed by atoms with Gasteiger partial charge in [0.25, 0.3) is 0 Å². The van der Waals surface area contributed by atoms with Gasteiger partial charge in [0.05, 0.1) is 6.61 Å². The second-order valence-electron chi connectivity index (χ2n) is 1.48. The van der Waals surface area contributed by atoms with Gasteiger partial charge < -0.3 is 9.84 Å². The second kappa shape index (κ2) is 1.76. The van der Waals surface area contributed by atoms with Crippen molar-refractivity contribution in [3.63, 3.8) is 0 Å². The van der Waals surface area contributed by atoms with Gasteiger partial charge in [0, 0.05) is 0 Å². The summed E-state index contributed by atoms with van der Waals surface area (Å²) in [4.78, 5) is 0. The highest BCUT2D eigenvalue weighted by Gasteiger charge is 2.25. The van der Waals surface area contributed by atoms with Gasteiger partial charge in [-0.2, -0.15) is 0 Å². The molecular formula is C4H6FO2. The van der Waals surface area contributed by atoms with E-state index < -0.39 is 12.3 Å². The van der Waals surface area contributed by atoms with Crippen LogP contribution in [0, 0.1) is 6.61 Å². The Balaban J connectivity index is 2.33. The molecule has 0 aromatic carbocycles. The van der Waals surface area contributed by atoms with Gasteiger partial charge in [0.15, 0.2) is 6.17 Å². The Labute approximate surface area is 40.9 Å². The quantitative estimate of drug-likeness (QED) is 0.465. The Hall–Kier alpha value is -0.150. The van der Waals surface area contributed by atoms with Crippen LogP contribution in [0.25, 0.3) is 0 Å². The van der Waals surface area contributed by atoms with E-state index in [-0.39, 0.29) is 6.61 Å². The topological polar surface area (TPSA) is 29.5 Å². The maximum atomic E-state index is 11.9. The van der Waals surface area contributed by atoms with Crippen molar-refractivity contribution < 1.29 is 14.2 Å². The van der Waals surface area contributed by atoms with E-state index in [0.717, 1.165) is 6.61 Å². The van der Waals surface area contributed by atoms with Crippen molar-refractivity contribution in [2.24, 2.45) is 0 Å². The minimum atomic E-state index is -1.21. The molecule has 2 atom stereocenters. The Morgan fingerprint density at radius 1 is 1.86 bits per heavy atom. The number of aliphatic hydroxyl groups excluding tert-OH is 1. The molecule has 1 heterocycles. The third kappa shape index (κ3) is 0.894. The second-order valence-corrected chi connectivity index (χ2v) is 1.48. The van der Waals surface area contributed by atoms with Crippen LogP contribution in [0.4, 0.5) is 4.39 Å². The third-order valence-corrected chi connectivity index (χ3v) is 0.862. The number of hydrogen-bond donors (Lipinski definition) is 1. The standard InChI is InChI=1S/C4H6FO2/c5-3-1-7-2-4(3)6/h2-4,6H,1H2. The van der Waals surface area contributed by atoms with E-state index in [2.05, 4.69) is 4.74 Å². The Bertz CT molecular complexity index is 58.7. The minimum Gasteiger partial charge on any atom is -0.387 e. The van der Waals surface area contributed by atoms with E-state index in [1.165, 1.54) is 0 Å². The van der Waals surface area contributed by atoms with E-state index in [0.29, 0.717) is 0 Å². The fourth-order valence-corrected chi connectivity index (χ4v) is 0.430. The van der Waals surface area contributed by atoms with Gasteiger partial charge in [-0.1, -0.05) is 0 Å². The summed E-state index contributed by atoms with van der Waals surface area (Å²) in [5, 5.41) is 8.44. The van der Waals surface area contributed by atoms with Crippen molar-refractivity contribution in [2.75, 3.05) is 6.61 Å². The van der Waals surface area contributed by atoms with E-state index >= 15 is 0 Å². The van der Waals surface area contributed by atoms with Gasteiger partial charge in [-0.3, -0.25) is 0 Å².